The van der Waals surface area contributed by atoms with Crippen molar-refractivity contribution in [2.45, 2.75) is 6.92 Å². The highest BCUT2D eigenvalue weighted by Crippen LogP contribution is 2.37. The van der Waals surface area contributed by atoms with Gasteiger partial charge in [-0.15, -0.1) is 0 Å². The SMILES string of the molecule is COc1c(Br)cc(C)cc1-c1ccccc1. The Bertz CT molecular complexity index is 492. The first kappa shape index (κ1) is 11.2. The topological polar surface area (TPSA) is 9.23 Å². The van der Waals surface area contributed by atoms with Crippen LogP contribution in [0.2, 0.25) is 0 Å². The van der Waals surface area contributed by atoms with Crippen molar-refractivity contribution in [2.24, 2.45) is 0 Å². The molecule has 0 aromatic heterocycles. The second-order valence-electron chi connectivity index (χ2n) is 3.69. The Hall–Kier alpha value is -1.28. The largest absolute Gasteiger partial charge is 0.495 e. The summed E-state index contributed by atoms with van der Waals surface area (Å²) in [4.78, 5) is 0. The van der Waals surface area contributed by atoms with Gasteiger partial charge in [-0.05, 0) is 46.1 Å². The molecule has 0 atom stereocenters. The third-order valence-electron chi connectivity index (χ3n) is 2.48. The van der Waals surface area contributed by atoms with E-state index in [-0.39, 0.29) is 0 Å². The monoisotopic (exact) mass is 276 g/mol. The van der Waals surface area contributed by atoms with Crippen LogP contribution in [0.25, 0.3) is 11.1 Å². The van der Waals surface area contributed by atoms with Gasteiger partial charge in [0.05, 0.1) is 11.6 Å². The summed E-state index contributed by atoms with van der Waals surface area (Å²) in [5, 5.41) is 0. The van der Waals surface area contributed by atoms with Gasteiger partial charge in [0.2, 0.25) is 0 Å². The molecular formula is C14H13BrO. The molecule has 2 aromatic rings. The van der Waals surface area contributed by atoms with Gasteiger partial charge in [0, 0.05) is 5.56 Å². The Morgan fingerprint density at radius 3 is 2.38 bits per heavy atom. The van der Waals surface area contributed by atoms with E-state index in [2.05, 4.69) is 47.1 Å². The third-order valence-corrected chi connectivity index (χ3v) is 3.07. The Morgan fingerprint density at radius 2 is 1.75 bits per heavy atom. The normalized spacial score (nSPS) is 10.2. The molecule has 0 N–H and O–H groups in total. The van der Waals surface area contributed by atoms with Gasteiger partial charge in [-0.25, -0.2) is 0 Å². The average Bonchev–Trinajstić information content (AvgIpc) is 2.29. The molecule has 1 nitrogen and oxygen atoms in total. The fourth-order valence-electron chi connectivity index (χ4n) is 1.77. The zero-order chi connectivity index (χ0) is 11.5. The molecule has 2 heteroatoms. The number of methoxy groups -OCH3 is 1. The van der Waals surface area contributed by atoms with Gasteiger partial charge in [-0.3, -0.25) is 0 Å². The van der Waals surface area contributed by atoms with Gasteiger partial charge in [0.25, 0.3) is 0 Å². The van der Waals surface area contributed by atoms with Crippen molar-refractivity contribution in [1.82, 2.24) is 0 Å². The predicted octanol–water partition coefficient (Wildman–Crippen LogP) is 4.43. The summed E-state index contributed by atoms with van der Waals surface area (Å²) in [6.45, 7) is 2.08. The van der Waals surface area contributed by atoms with E-state index in [1.54, 1.807) is 7.11 Å². The summed E-state index contributed by atoms with van der Waals surface area (Å²) in [5.74, 6) is 0.886. The maximum atomic E-state index is 5.44. The van der Waals surface area contributed by atoms with Crippen molar-refractivity contribution < 1.29 is 4.74 Å². The first-order valence-corrected chi connectivity index (χ1v) is 5.91. The van der Waals surface area contributed by atoms with Gasteiger partial charge in [-0.2, -0.15) is 0 Å². The summed E-state index contributed by atoms with van der Waals surface area (Å²) in [6, 6.07) is 14.5. The van der Waals surface area contributed by atoms with E-state index in [9.17, 15) is 0 Å². The number of rotatable bonds is 2. The van der Waals surface area contributed by atoms with Crippen molar-refractivity contribution in [1.29, 1.82) is 0 Å². The Morgan fingerprint density at radius 1 is 1.06 bits per heavy atom. The first-order valence-electron chi connectivity index (χ1n) is 5.12. The molecule has 2 rings (SSSR count). The van der Waals surface area contributed by atoms with Crippen LogP contribution in [0.4, 0.5) is 0 Å². The van der Waals surface area contributed by atoms with E-state index in [1.807, 2.05) is 18.2 Å². The molecule has 0 saturated carbocycles. The van der Waals surface area contributed by atoms with Crippen molar-refractivity contribution in [3.8, 4) is 16.9 Å². The van der Waals surface area contributed by atoms with Crippen LogP contribution in [-0.2, 0) is 0 Å². The molecule has 0 radical (unpaired) electrons. The molecule has 2 aromatic carbocycles. The molecule has 82 valence electrons. The van der Waals surface area contributed by atoms with Crippen LogP contribution >= 0.6 is 15.9 Å². The predicted molar refractivity (Wildman–Crippen MR) is 70.9 cm³/mol. The number of aryl methyl sites for hydroxylation is 1. The van der Waals surface area contributed by atoms with E-state index in [0.717, 1.165) is 15.8 Å². The van der Waals surface area contributed by atoms with Crippen LogP contribution in [0.3, 0.4) is 0 Å². The highest BCUT2D eigenvalue weighted by molar-refractivity contribution is 9.10. The smallest absolute Gasteiger partial charge is 0.140 e. The van der Waals surface area contributed by atoms with Gasteiger partial charge in [0.1, 0.15) is 5.75 Å². The second kappa shape index (κ2) is 4.71. The van der Waals surface area contributed by atoms with Crippen molar-refractivity contribution in [2.75, 3.05) is 7.11 Å². The zero-order valence-corrected chi connectivity index (χ0v) is 10.9. The van der Waals surface area contributed by atoms with Crippen LogP contribution in [0.15, 0.2) is 46.9 Å². The summed E-state index contributed by atoms with van der Waals surface area (Å²) >= 11 is 3.53. The molecule has 0 spiro atoms. The third kappa shape index (κ3) is 2.12. The van der Waals surface area contributed by atoms with Crippen LogP contribution in [0.5, 0.6) is 5.75 Å². The molecule has 0 unspecified atom stereocenters. The summed E-state index contributed by atoms with van der Waals surface area (Å²) < 4.78 is 6.43. The van der Waals surface area contributed by atoms with Crippen LogP contribution in [-0.4, -0.2) is 7.11 Å². The minimum absolute atomic E-state index is 0.886. The Balaban J connectivity index is 2.64. The molecule has 16 heavy (non-hydrogen) atoms. The van der Waals surface area contributed by atoms with Crippen molar-refractivity contribution >= 4 is 15.9 Å². The van der Waals surface area contributed by atoms with Gasteiger partial charge < -0.3 is 4.74 Å². The fraction of sp³-hybridized carbons (Fsp3) is 0.143. The summed E-state index contributed by atoms with van der Waals surface area (Å²) in [5.41, 5.74) is 3.50. The number of halogens is 1. The maximum Gasteiger partial charge on any atom is 0.140 e. The zero-order valence-electron chi connectivity index (χ0n) is 9.33. The van der Waals surface area contributed by atoms with Crippen LogP contribution < -0.4 is 4.74 Å². The van der Waals surface area contributed by atoms with Gasteiger partial charge in [0.15, 0.2) is 0 Å². The molecule has 0 aliphatic carbocycles. The molecule has 0 aliphatic rings. The summed E-state index contributed by atoms with van der Waals surface area (Å²) in [6.07, 6.45) is 0. The van der Waals surface area contributed by atoms with Crippen molar-refractivity contribution in [3.63, 3.8) is 0 Å². The summed E-state index contributed by atoms with van der Waals surface area (Å²) in [7, 11) is 1.70. The Labute approximate surface area is 104 Å². The van der Waals surface area contributed by atoms with Crippen molar-refractivity contribution in [3.05, 3.63) is 52.5 Å². The Kier molecular flexibility index (Phi) is 3.30. The molecule has 0 aliphatic heterocycles. The lowest BCUT2D eigenvalue weighted by atomic mass is 10.0. The minimum atomic E-state index is 0.886. The van der Waals surface area contributed by atoms with Crippen LogP contribution in [0, 0.1) is 6.92 Å². The first-order chi connectivity index (χ1) is 7.72. The van der Waals surface area contributed by atoms with Gasteiger partial charge in [-0.1, -0.05) is 30.3 Å². The highest BCUT2D eigenvalue weighted by Gasteiger charge is 2.09. The molecule has 0 saturated heterocycles. The highest BCUT2D eigenvalue weighted by atomic mass is 79.9. The second-order valence-corrected chi connectivity index (χ2v) is 4.55. The lowest BCUT2D eigenvalue weighted by Crippen LogP contribution is -1.90. The van der Waals surface area contributed by atoms with E-state index in [1.165, 1.54) is 11.1 Å². The number of ether oxygens (including phenoxy) is 1. The van der Waals surface area contributed by atoms with E-state index < -0.39 is 0 Å². The van der Waals surface area contributed by atoms with E-state index >= 15 is 0 Å². The molecular weight excluding hydrogens is 264 g/mol. The van der Waals surface area contributed by atoms with E-state index in [0.29, 0.717) is 0 Å². The lowest BCUT2D eigenvalue weighted by Gasteiger charge is -2.11. The number of benzene rings is 2. The minimum Gasteiger partial charge on any atom is -0.495 e. The lowest BCUT2D eigenvalue weighted by molar-refractivity contribution is 0.413. The van der Waals surface area contributed by atoms with Crippen LogP contribution in [0.1, 0.15) is 5.56 Å². The number of hydrogen-bond acceptors (Lipinski definition) is 1. The molecule has 0 amide bonds. The molecule has 0 fully saturated rings. The van der Waals surface area contributed by atoms with E-state index in [4.69, 9.17) is 4.74 Å². The standard InChI is InChI=1S/C14H13BrO/c1-10-8-12(11-6-4-3-5-7-11)14(16-2)13(15)9-10/h3-9H,1-2H3. The maximum absolute atomic E-state index is 5.44. The molecule has 0 heterocycles. The average molecular weight is 277 g/mol. The fourth-order valence-corrected chi connectivity index (χ4v) is 2.51. The van der Waals surface area contributed by atoms with Gasteiger partial charge >= 0.3 is 0 Å². The number of hydrogen-bond donors (Lipinski definition) is 0. The quantitative estimate of drug-likeness (QED) is 0.788. The molecule has 0 bridgehead atoms.